The minimum atomic E-state index is -2.00. The first-order valence-electron chi connectivity index (χ1n) is 7.06. The molecule has 0 spiro atoms. The second-order valence-corrected chi connectivity index (χ2v) is 11.8. The van der Waals surface area contributed by atoms with Crippen LogP contribution in [0.1, 0.15) is 52.9 Å². The molecule has 1 N–H and O–H groups in total. The highest BCUT2D eigenvalue weighted by Crippen LogP contribution is 2.39. The van der Waals surface area contributed by atoms with E-state index in [4.69, 9.17) is 4.43 Å². The summed E-state index contributed by atoms with van der Waals surface area (Å²) in [4.78, 5) is 11.5. The molecule has 1 atom stereocenters. The quantitative estimate of drug-likeness (QED) is 0.786. The van der Waals surface area contributed by atoms with E-state index in [1.165, 1.54) is 6.42 Å². The number of rotatable bonds is 4. The van der Waals surface area contributed by atoms with E-state index in [-0.39, 0.29) is 11.0 Å². The fraction of sp³-hybridized carbons (Fsp3) is 0.929. The molecule has 1 unspecified atom stereocenters. The molecule has 0 amide bonds. The molecule has 1 aliphatic rings. The molecule has 18 heavy (non-hydrogen) atoms. The highest BCUT2D eigenvalue weighted by atomic mass is 28.4. The summed E-state index contributed by atoms with van der Waals surface area (Å²) >= 11 is 0. The summed E-state index contributed by atoms with van der Waals surface area (Å²) in [6, 6.07) is 0. The predicted octanol–water partition coefficient (Wildman–Crippen LogP) is 4.04. The Morgan fingerprint density at radius 3 is 2.11 bits per heavy atom. The Hall–Kier alpha value is -0.353. The van der Waals surface area contributed by atoms with Crippen molar-refractivity contribution in [3.05, 3.63) is 0 Å². The molecule has 1 aliphatic carbocycles. The molecule has 0 aliphatic heterocycles. The molecule has 0 aromatic carbocycles. The Labute approximate surface area is 112 Å². The van der Waals surface area contributed by atoms with Gasteiger partial charge in [-0.05, 0) is 36.9 Å². The molecule has 0 saturated heterocycles. The molecule has 4 heteroatoms. The van der Waals surface area contributed by atoms with E-state index in [1.54, 1.807) is 0 Å². The van der Waals surface area contributed by atoms with E-state index < -0.39 is 20.4 Å². The van der Waals surface area contributed by atoms with Crippen molar-refractivity contribution in [3.63, 3.8) is 0 Å². The van der Waals surface area contributed by atoms with Crippen LogP contribution in [-0.4, -0.2) is 25.5 Å². The van der Waals surface area contributed by atoms with Gasteiger partial charge >= 0.3 is 5.97 Å². The Balaban J connectivity index is 2.77. The van der Waals surface area contributed by atoms with Gasteiger partial charge in [0.05, 0.1) is 0 Å². The van der Waals surface area contributed by atoms with Crippen LogP contribution in [0.2, 0.25) is 18.1 Å². The summed E-state index contributed by atoms with van der Waals surface area (Å²) in [7, 11) is -2.00. The van der Waals surface area contributed by atoms with Crippen molar-refractivity contribution in [3.8, 4) is 0 Å². The first kappa shape index (κ1) is 15.7. The van der Waals surface area contributed by atoms with Crippen molar-refractivity contribution in [2.45, 2.75) is 77.1 Å². The van der Waals surface area contributed by atoms with Gasteiger partial charge in [-0.3, -0.25) is 0 Å². The fourth-order valence-corrected chi connectivity index (χ4v) is 3.56. The third-order valence-corrected chi connectivity index (χ3v) is 9.00. The average molecular weight is 272 g/mol. The summed E-state index contributed by atoms with van der Waals surface area (Å²) in [6.07, 6.45) is 4.95. The number of aliphatic carboxylic acids is 1. The summed E-state index contributed by atoms with van der Waals surface area (Å²) in [5.74, 6) is -0.558. The summed E-state index contributed by atoms with van der Waals surface area (Å²) < 4.78 is 6.14. The zero-order valence-electron chi connectivity index (χ0n) is 12.5. The zero-order valence-corrected chi connectivity index (χ0v) is 13.5. The normalized spacial score (nSPS) is 20.7. The minimum absolute atomic E-state index is 0.0648. The van der Waals surface area contributed by atoms with Gasteiger partial charge < -0.3 is 9.53 Å². The fourth-order valence-electron chi connectivity index (χ4n) is 2.28. The molecule has 0 bridgehead atoms. The second kappa shape index (κ2) is 5.74. The lowest BCUT2D eigenvalue weighted by Gasteiger charge is -2.40. The molecular weight excluding hydrogens is 244 g/mol. The average Bonchev–Trinajstić information content (AvgIpc) is 2.25. The van der Waals surface area contributed by atoms with Crippen LogP contribution < -0.4 is 0 Å². The van der Waals surface area contributed by atoms with Crippen molar-refractivity contribution >= 4 is 14.3 Å². The van der Waals surface area contributed by atoms with Crippen LogP contribution in [0.15, 0.2) is 0 Å². The van der Waals surface area contributed by atoms with Gasteiger partial charge in [0.25, 0.3) is 0 Å². The molecule has 3 nitrogen and oxygen atoms in total. The standard InChI is InChI=1S/C14H28O3Si/c1-14(2,3)18(4,5)17-12(13(15)16)11-9-7-6-8-10-11/h11-12H,6-10H2,1-5H3,(H,15,16). The van der Waals surface area contributed by atoms with Crippen molar-refractivity contribution in [2.24, 2.45) is 5.92 Å². The van der Waals surface area contributed by atoms with Crippen molar-refractivity contribution < 1.29 is 14.3 Å². The summed E-state index contributed by atoms with van der Waals surface area (Å²) in [5, 5.41) is 9.52. The molecule has 0 aromatic heterocycles. The van der Waals surface area contributed by atoms with E-state index >= 15 is 0 Å². The first-order chi connectivity index (χ1) is 8.15. The van der Waals surface area contributed by atoms with Crippen LogP contribution in [0.5, 0.6) is 0 Å². The smallest absolute Gasteiger partial charge is 0.331 e. The molecular formula is C14H28O3Si. The number of hydrogen-bond donors (Lipinski definition) is 1. The Bertz CT molecular complexity index is 288. The van der Waals surface area contributed by atoms with Crippen LogP contribution >= 0.6 is 0 Å². The van der Waals surface area contributed by atoms with Crippen molar-refractivity contribution in [2.75, 3.05) is 0 Å². The van der Waals surface area contributed by atoms with E-state index in [9.17, 15) is 9.90 Å². The van der Waals surface area contributed by atoms with Crippen LogP contribution in [0.25, 0.3) is 0 Å². The Morgan fingerprint density at radius 2 is 1.72 bits per heavy atom. The highest BCUT2D eigenvalue weighted by molar-refractivity contribution is 6.74. The van der Waals surface area contributed by atoms with Crippen LogP contribution in [-0.2, 0) is 9.22 Å². The monoisotopic (exact) mass is 272 g/mol. The molecule has 1 fully saturated rings. The number of hydrogen-bond acceptors (Lipinski definition) is 2. The SMILES string of the molecule is CC(C)(C)[Si](C)(C)OC(C(=O)O)C1CCCCC1. The molecule has 1 saturated carbocycles. The third kappa shape index (κ3) is 3.82. The van der Waals surface area contributed by atoms with Gasteiger partial charge in [0.1, 0.15) is 6.10 Å². The van der Waals surface area contributed by atoms with E-state index in [0.717, 1.165) is 25.7 Å². The van der Waals surface area contributed by atoms with Gasteiger partial charge in [-0.15, -0.1) is 0 Å². The molecule has 0 radical (unpaired) electrons. The van der Waals surface area contributed by atoms with Crippen molar-refractivity contribution in [1.82, 2.24) is 0 Å². The highest BCUT2D eigenvalue weighted by Gasteiger charge is 2.43. The maximum atomic E-state index is 11.5. The second-order valence-electron chi connectivity index (χ2n) is 7.04. The van der Waals surface area contributed by atoms with Gasteiger partial charge in [0.2, 0.25) is 0 Å². The Kier molecular flexibility index (Phi) is 5.01. The first-order valence-corrected chi connectivity index (χ1v) is 9.96. The van der Waals surface area contributed by atoms with Gasteiger partial charge in [-0.2, -0.15) is 0 Å². The third-order valence-electron chi connectivity index (χ3n) is 4.55. The van der Waals surface area contributed by atoms with E-state index in [0.29, 0.717) is 0 Å². The lowest BCUT2D eigenvalue weighted by Crippen LogP contribution is -2.48. The van der Waals surface area contributed by atoms with Gasteiger partial charge in [0, 0.05) is 0 Å². The largest absolute Gasteiger partial charge is 0.479 e. The molecule has 106 valence electrons. The van der Waals surface area contributed by atoms with Crippen LogP contribution in [0.4, 0.5) is 0 Å². The summed E-state index contributed by atoms with van der Waals surface area (Å²) in [6.45, 7) is 10.7. The number of carboxylic acid groups (broad SMARTS) is 1. The zero-order chi connectivity index (χ0) is 14.0. The molecule has 0 heterocycles. The molecule has 1 rings (SSSR count). The molecule has 0 aromatic rings. The maximum absolute atomic E-state index is 11.5. The predicted molar refractivity (Wildman–Crippen MR) is 76.3 cm³/mol. The number of carbonyl (C=O) groups is 1. The minimum Gasteiger partial charge on any atom is -0.479 e. The Morgan fingerprint density at radius 1 is 1.22 bits per heavy atom. The van der Waals surface area contributed by atoms with Crippen LogP contribution in [0.3, 0.4) is 0 Å². The van der Waals surface area contributed by atoms with Crippen LogP contribution in [0, 0.1) is 5.92 Å². The summed E-state index contributed by atoms with van der Waals surface area (Å²) in [5.41, 5.74) is 0. The number of carboxylic acids is 1. The van der Waals surface area contributed by atoms with Crippen molar-refractivity contribution in [1.29, 1.82) is 0 Å². The van der Waals surface area contributed by atoms with E-state index in [1.807, 2.05) is 0 Å². The topological polar surface area (TPSA) is 46.5 Å². The lowest BCUT2D eigenvalue weighted by atomic mass is 9.85. The lowest BCUT2D eigenvalue weighted by molar-refractivity contribution is -0.149. The van der Waals surface area contributed by atoms with E-state index in [2.05, 4.69) is 33.9 Å². The van der Waals surface area contributed by atoms with Gasteiger partial charge in [-0.25, -0.2) is 4.79 Å². The van der Waals surface area contributed by atoms with Gasteiger partial charge in [-0.1, -0.05) is 40.0 Å². The maximum Gasteiger partial charge on any atom is 0.331 e. The van der Waals surface area contributed by atoms with Gasteiger partial charge in [0.15, 0.2) is 8.32 Å².